The van der Waals surface area contributed by atoms with Gasteiger partial charge < -0.3 is 14.6 Å². The first-order valence-corrected chi connectivity index (χ1v) is 9.90. The third kappa shape index (κ3) is 3.15. The van der Waals surface area contributed by atoms with Gasteiger partial charge in [-0.15, -0.1) is 0 Å². The van der Waals surface area contributed by atoms with Gasteiger partial charge in [0.05, 0.1) is 12.5 Å². The van der Waals surface area contributed by atoms with Crippen LogP contribution >= 0.6 is 0 Å². The molecule has 1 saturated carbocycles. The molecule has 1 aromatic rings. The highest BCUT2D eigenvalue weighted by Gasteiger charge is 2.49. The molecule has 2 aliphatic heterocycles. The van der Waals surface area contributed by atoms with E-state index in [4.69, 9.17) is 4.74 Å². The minimum Gasteiger partial charge on any atom is -0.491 e. The normalized spacial score (nSPS) is 27.6. The fourth-order valence-corrected chi connectivity index (χ4v) is 5.13. The van der Waals surface area contributed by atoms with Crippen LogP contribution in [0.5, 0.6) is 5.75 Å². The van der Waals surface area contributed by atoms with E-state index in [1.165, 1.54) is 32.8 Å². The molecule has 0 aromatic carbocycles. The first-order chi connectivity index (χ1) is 12.6. The zero-order valence-electron chi connectivity index (χ0n) is 15.6. The van der Waals surface area contributed by atoms with Crippen molar-refractivity contribution in [1.29, 1.82) is 0 Å². The standard InChI is InChI=1S/C20H29N3O3/c1-26-18-12-21-15(11-17(18)24)13-22-10-8-20(14-22)7-4-9-23(19(20)25)16-5-2-3-6-16/h11-12,16H,2-10,13-14H2,1H3,(H,21,24)/t20-/m1/s1. The number of pyridine rings is 1. The number of amides is 1. The first-order valence-electron chi connectivity index (χ1n) is 9.90. The fraction of sp³-hybridized carbons (Fsp3) is 0.700. The smallest absolute Gasteiger partial charge is 0.230 e. The highest BCUT2D eigenvalue weighted by Crippen LogP contribution is 2.42. The van der Waals surface area contributed by atoms with E-state index in [2.05, 4.69) is 14.8 Å². The van der Waals surface area contributed by atoms with E-state index >= 15 is 0 Å². The van der Waals surface area contributed by atoms with Crippen molar-refractivity contribution in [2.75, 3.05) is 26.7 Å². The summed E-state index contributed by atoms with van der Waals surface area (Å²) in [6.07, 6.45) is 9.57. The van der Waals surface area contributed by atoms with Gasteiger partial charge in [0.15, 0.2) is 5.75 Å². The van der Waals surface area contributed by atoms with Crippen LogP contribution in [0, 0.1) is 5.41 Å². The van der Waals surface area contributed by atoms with Crippen LogP contribution in [0.1, 0.15) is 50.6 Å². The molecular formula is C20H29N3O3. The monoisotopic (exact) mass is 359 g/mol. The van der Waals surface area contributed by atoms with Gasteiger partial charge in [0.1, 0.15) is 0 Å². The first kappa shape index (κ1) is 17.6. The molecule has 1 N–H and O–H groups in total. The molecule has 0 bridgehead atoms. The van der Waals surface area contributed by atoms with E-state index in [1.54, 1.807) is 12.3 Å². The number of rotatable bonds is 4. The molecule has 6 nitrogen and oxygen atoms in total. The summed E-state index contributed by atoms with van der Waals surface area (Å²) in [6.45, 7) is 3.34. The Morgan fingerprint density at radius 2 is 2.00 bits per heavy atom. The number of nitrogens with zero attached hydrogens (tertiary/aromatic N) is 2. The lowest BCUT2D eigenvalue weighted by Gasteiger charge is -2.42. The highest BCUT2D eigenvalue weighted by molar-refractivity contribution is 5.84. The van der Waals surface area contributed by atoms with E-state index in [9.17, 15) is 9.59 Å². The maximum Gasteiger partial charge on any atom is 0.230 e. The number of aromatic nitrogens is 1. The summed E-state index contributed by atoms with van der Waals surface area (Å²) >= 11 is 0. The fourth-order valence-electron chi connectivity index (χ4n) is 5.13. The van der Waals surface area contributed by atoms with Gasteiger partial charge in [-0.25, -0.2) is 0 Å². The van der Waals surface area contributed by atoms with Crippen molar-refractivity contribution in [2.45, 2.75) is 57.5 Å². The Hall–Kier alpha value is -1.82. The Morgan fingerprint density at radius 3 is 2.73 bits per heavy atom. The van der Waals surface area contributed by atoms with Gasteiger partial charge in [-0.1, -0.05) is 12.8 Å². The van der Waals surface area contributed by atoms with E-state index in [1.807, 2.05) is 0 Å². The number of hydrogen-bond donors (Lipinski definition) is 1. The maximum absolute atomic E-state index is 13.3. The SMILES string of the molecule is COc1c[nH]c(CN2CC[C@]3(CCCN(C4CCCC4)C3=O)C2)cc1=O. The average molecular weight is 359 g/mol. The number of likely N-dealkylation sites (tertiary alicyclic amines) is 2. The molecule has 4 rings (SSSR count). The van der Waals surface area contributed by atoms with Crippen LogP contribution in [-0.2, 0) is 11.3 Å². The van der Waals surface area contributed by atoms with Crippen LogP contribution in [0.4, 0.5) is 0 Å². The van der Waals surface area contributed by atoms with Gasteiger partial charge in [-0.3, -0.25) is 14.5 Å². The third-order valence-electron chi connectivity index (χ3n) is 6.52. The molecule has 6 heteroatoms. The summed E-state index contributed by atoms with van der Waals surface area (Å²) in [7, 11) is 1.50. The zero-order chi connectivity index (χ0) is 18.1. The van der Waals surface area contributed by atoms with Gasteiger partial charge in [0, 0.05) is 43.6 Å². The summed E-state index contributed by atoms with van der Waals surface area (Å²) in [6, 6.07) is 2.09. The second kappa shape index (κ2) is 7.06. The molecular weight excluding hydrogens is 330 g/mol. The number of hydrogen-bond acceptors (Lipinski definition) is 4. The number of piperidine rings is 1. The van der Waals surface area contributed by atoms with Crippen LogP contribution in [0.2, 0.25) is 0 Å². The van der Waals surface area contributed by atoms with E-state index in [0.29, 0.717) is 24.2 Å². The Morgan fingerprint density at radius 1 is 1.19 bits per heavy atom. The van der Waals surface area contributed by atoms with Crippen LogP contribution in [0.25, 0.3) is 0 Å². The summed E-state index contributed by atoms with van der Waals surface area (Å²) in [5.74, 6) is 0.725. The lowest BCUT2D eigenvalue weighted by Crippen LogP contribution is -2.53. The van der Waals surface area contributed by atoms with Crippen molar-refractivity contribution in [3.63, 3.8) is 0 Å². The molecule has 3 aliphatic rings. The molecule has 1 amide bonds. The zero-order valence-corrected chi connectivity index (χ0v) is 15.6. The number of ether oxygens (including phenoxy) is 1. The predicted octanol–water partition coefficient (Wildman–Crippen LogP) is 2.14. The molecule has 142 valence electrons. The molecule has 0 unspecified atom stereocenters. The Balaban J connectivity index is 1.44. The lowest BCUT2D eigenvalue weighted by molar-refractivity contribution is -0.148. The molecule has 26 heavy (non-hydrogen) atoms. The van der Waals surface area contributed by atoms with Gasteiger partial charge in [-0.05, 0) is 38.6 Å². The molecule has 3 fully saturated rings. The lowest BCUT2D eigenvalue weighted by atomic mass is 9.77. The van der Waals surface area contributed by atoms with E-state index < -0.39 is 0 Å². The highest BCUT2D eigenvalue weighted by atomic mass is 16.5. The second-order valence-electron chi connectivity index (χ2n) is 8.17. The molecule has 1 atom stereocenters. The van der Waals surface area contributed by atoms with Crippen molar-refractivity contribution in [3.8, 4) is 5.75 Å². The molecule has 1 aliphatic carbocycles. The average Bonchev–Trinajstić information content (AvgIpc) is 3.29. The van der Waals surface area contributed by atoms with E-state index in [0.717, 1.165) is 44.6 Å². The molecule has 0 radical (unpaired) electrons. The van der Waals surface area contributed by atoms with E-state index in [-0.39, 0.29) is 10.8 Å². The number of carbonyl (C=O) groups is 1. The van der Waals surface area contributed by atoms with Gasteiger partial charge in [0.2, 0.25) is 11.3 Å². The quantitative estimate of drug-likeness (QED) is 0.894. The van der Waals surface area contributed by atoms with Crippen LogP contribution in [-0.4, -0.2) is 53.5 Å². The van der Waals surface area contributed by atoms with Gasteiger partial charge >= 0.3 is 0 Å². The predicted molar refractivity (Wildman–Crippen MR) is 99.1 cm³/mol. The molecule has 1 spiro atoms. The molecule has 2 saturated heterocycles. The summed E-state index contributed by atoms with van der Waals surface area (Å²) in [4.78, 5) is 32.9. The minimum atomic E-state index is -0.201. The molecule has 3 heterocycles. The Kier molecular flexibility index (Phi) is 4.78. The number of methoxy groups -OCH3 is 1. The summed E-state index contributed by atoms with van der Waals surface area (Å²) in [5.41, 5.74) is 0.577. The number of aromatic amines is 1. The van der Waals surface area contributed by atoms with Crippen LogP contribution in [0.3, 0.4) is 0 Å². The largest absolute Gasteiger partial charge is 0.491 e. The number of carbonyl (C=O) groups excluding carboxylic acids is 1. The number of nitrogens with one attached hydrogen (secondary N) is 1. The maximum atomic E-state index is 13.3. The second-order valence-corrected chi connectivity index (χ2v) is 8.17. The Labute approximate surface area is 154 Å². The van der Waals surface area contributed by atoms with Gasteiger partial charge in [0.25, 0.3) is 0 Å². The number of H-pyrrole nitrogens is 1. The van der Waals surface area contributed by atoms with Crippen molar-refractivity contribution >= 4 is 5.91 Å². The molecule has 1 aromatic heterocycles. The van der Waals surface area contributed by atoms with Crippen molar-refractivity contribution < 1.29 is 9.53 Å². The topological polar surface area (TPSA) is 65.6 Å². The van der Waals surface area contributed by atoms with Gasteiger partial charge in [-0.2, -0.15) is 0 Å². The minimum absolute atomic E-state index is 0.101. The van der Waals surface area contributed by atoms with Crippen molar-refractivity contribution in [3.05, 3.63) is 28.2 Å². The van der Waals surface area contributed by atoms with Crippen molar-refractivity contribution in [2.24, 2.45) is 5.41 Å². The van der Waals surface area contributed by atoms with Crippen LogP contribution in [0.15, 0.2) is 17.1 Å². The summed E-state index contributed by atoms with van der Waals surface area (Å²) in [5, 5.41) is 0. The summed E-state index contributed by atoms with van der Waals surface area (Å²) < 4.78 is 5.03. The van der Waals surface area contributed by atoms with Crippen molar-refractivity contribution in [1.82, 2.24) is 14.8 Å². The third-order valence-corrected chi connectivity index (χ3v) is 6.52. The van der Waals surface area contributed by atoms with Crippen LogP contribution < -0.4 is 10.2 Å². The Bertz CT molecular complexity index is 725.